The van der Waals surface area contributed by atoms with E-state index in [9.17, 15) is 0 Å². The van der Waals surface area contributed by atoms with E-state index in [0.717, 1.165) is 0 Å². The average Bonchev–Trinajstić information content (AvgIpc) is 3.51. The lowest BCUT2D eigenvalue weighted by atomic mass is 9.84. The van der Waals surface area contributed by atoms with Crippen LogP contribution in [0.5, 0.6) is 0 Å². The van der Waals surface area contributed by atoms with Crippen molar-refractivity contribution in [3.8, 4) is 55.6 Å². The molecule has 0 saturated heterocycles. The molecule has 0 heteroatoms. The van der Waals surface area contributed by atoms with Crippen LogP contribution < -0.4 is 0 Å². The maximum Gasteiger partial charge on any atom is -0.00261 e. The van der Waals surface area contributed by atoms with E-state index >= 15 is 0 Å². The molecule has 0 aromatic heterocycles. The maximum absolute atomic E-state index is 2.43. The van der Waals surface area contributed by atoms with Crippen LogP contribution in [0.2, 0.25) is 0 Å². The third-order valence-corrected chi connectivity index (χ3v) is 11.0. The van der Waals surface area contributed by atoms with Gasteiger partial charge in [0, 0.05) is 0 Å². The highest BCUT2D eigenvalue weighted by Gasteiger charge is 2.23. The standard InChI is InChI=1S/C50H30/c1-2-16-36-31(11-1)25-27-39-37(21-10-22-38(36)39)33-14-7-15-34(29-33)49-42-17-3-5-19-44(42)50(45-20-6-4-18-43(45)49)35-26-28-40-41-23-8-12-32-13-9-24-46(48(32)41)47(40)30-35/h1-30H. The Morgan fingerprint density at radius 2 is 0.740 bits per heavy atom. The summed E-state index contributed by atoms with van der Waals surface area (Å²) in [6.07, 6.45) is 0. The Hall–Kier alpha value is -6.50. The molecule has 1 aliphatic rings. The SMILES string of the molecule is c1cc(-c2c3ccccc3c(-c3ccc4c(c3)-c3cccc5cccc-4c35)c3ccccc23)cc(-c2cccc3c2ccc2ccccc23)c1. The number of rotatable bonds is 3. The molecule has 0 saturated carbocycles. The van der Waals surface area contributed by atoms with Crippen molar-refractivity contribution in [1.82, 2.24) is 0 Å². The van der Waals surface area contributed by atoms with E-state index < -0.39 is 0 Å². The monoisotopic (exact) mass is 630 g/mol. The third kappa shape index (κ3) is 3.88. The zero-order chi connectivity index (χ0) is 32.8. The maximum atomic E-state index is 2.43. The van der Waals surface area contributed by atoms with Crippen molar-refractivity contribution in [2.75, 3.05) is 0 Å². The molecule has 0 aliphatic heterocycles. The van der Waals surface area contributed by atoms with Crippen LogP contribution in [-0.2, 0) is 0 Å². The minimum absolute atomic E-state index is 1.23. The summed E-state index contributed by atoms with van der Waals surface area (Å²) in [5.41, 5.74) is 12.9. The lowest BCUT2D eigenvalue weighted by molar-refractivity contribution is 1.63. The first-order chi connectivity index (χ1) is 24.8. The second-order valence-corrected chi connectivity index (χ2v) is 13.6. The largest absolute Gasteiger partial charge is 0.0616 e. The lowest BCUT2D eigenvalue weighted by Gasteiger charge is -2.19. The molecule has 0 N–H and O–H groups in total. The topological polar surface area (TPSA) is 0 Å². The highest BCUT2D eigenvalue weighted by atomic mass is 14.3. The fraction of sp³-hybridized carbons (Fsp3) is 0. The van der Waals surface area contributed by atoms with E-state index in [1.54, 1.807) is 0 Å². The molecule has 10 aromatic rings. The van der Waals surface area contributed by atoms with Gasteiger partial charge in [0.1, 0.15) is 0 Å². The normalized spacial score (nSPS) is 12.0. The second kappa shape index (κ2) is 10.5. The van der Waals surface area contributed by atoms with Gasteiger partial charge < -0.3 is 0 Å². The quantitative estimate of drug-likeness (QED) is 0.135. The zero-order valence-electron chi connectivity index (χ0n) is 27.3. The molecule has 0 spiro atoms. The van der Waals surface area contributed by atoms with Crippen molar-refractivity contribution in [2.45, 2.75) is 0 Å². The smallest absolute Gasteiger partial charge is 0.00261 e. The molecule has 0 radical (unpaired) electrons. The van der Waals surface area contributed by atoms with Crippen LogP contribution in [0, 0.1) is 0 Å². The summed E-state index contributed by atoms with van der Waals surface area (Å²) in [5, 5.41) is 12.9. The first kappa shape index (κ1) is 27.5. The Morgan fingerprint density at radius 1 is 0.220 bits per heavy atom. The average molecular weight is 631 g/mol. The lowest BCUT2D eigenvalue weighted by Crippen LogP contribution is -1.92. The predicted octanol–water partition coefficient (Wildman–Crippen LogP) is 14.1. The molecule has 0 unspecified atom stereocenters. The van der Waals surface area contributed by atoms with Crippen molar-refractivity contribution in [1.29, 1.82) is 0 Å². The molecule has 0 amide bonds. The van der Waals surface area contributed by atoms with Gasteiger partial charge in [-0.1, -0.05) is 170 Å². The number of fused-ring (bicyclic) bond motifs is 8. The Kier molecular flexibility index (Phi) is 5.76. The van der Waals surface area contributed by atoms with Gasteiger partial charge in [0.25, 0.3) is 0 Å². The van der Waals surface area contributed by atoms with Crippen molar-refractivity contribution >= 4 is 53.9 Å². The van der Waals surface area contributed by atoms with Crippen LogP contribution in [0.15, 0.2) is 182 Å². The highest BCUT2D eigenvalue weighted by molar-refractivity contribution is 6.23. The molecule has 11 rings (SSSR count). The summed E-state index contributed by atoms with van der Waals surface area (Å²) < 4.78 is 0. The van der Waals surface area contributed by atoms with Gasteiger partial charge in [0.05, 0.1) is 0 Å². The van der Waals surface area contributed by atoms with Gasteiger partial charge in [-0.15, -0.1) is 0 Å². The Bertz CT molecular complexity index is 2970. The van der Waals surface area contributed by atoms with Crippen LogP contribution in [0.25, 0.3) is 109 Å². The van der Waals surface area contributed by atoms with Crippen LogP contribution in [0.1, 0.15) is 0 Å². The molecule has 0 atom stereocenters. The molecule has 10 aromatic carbocycles. The predicted molar refractivity (Wildman–Crippen MR) is 215 cm³/mol. The zero-order valence-corrected chi connectivity index (χ0v) is 27.3. The van der Waals surface area contributed by atoms with E-state index in [2.05, 4.69) is 182 Å². The molecule has 50 heavy (non-hydrogen) atoms. The molecular formula is C50H30. The summed E-state index contributed by atoms with van der Waals surface area (Å²) in [4.78, 5) is 0. The van der Waals surface area contributed by atoms with Crippen molar-refractivity contribution in [3.63, 3.8) is 0 Å². The Labute approximate surface area is 290 Å². The Balaban J connectivity index is 1.14. The van der Waals surface area contributed by atoms with Crippen molar-refractivity contribution in [2.24, 2.45) is 0 Å². The van der Waals surface area contributed by atoms with Crippen molar-refractivity contribution in [3.05, 3.63) is 182 Å². The minimum atomic E-state index is 1.23. The summed E-state index contributed by atoms with van der Waals surface area (Å²) >= 11 is 0. The van der Waals surface area contributed by atoms with Gasteiger partial charge in [-0.2, -0.15) is 0 Å². The molecule has 0 fully saturated rings. The van der Waals surface area contributed by atoms with E-state index in [-0.39, 0.29) is 0 Å². The van der Waals surface area contributed by atoms with Crippen LogP contribution in [-0.4, -0.2) is 0 Å². The van der Waals surface area contributed by atoms with Gasteiger partial charge >= 0.3 is 0 Å². The minimum Gasteiger partial charge on any atom is -0.0616 e. The molecule has 230 valence electrons. The van der Waals surface area contributed by atoms with Gasteiger partial charge in [0.15, 0.2) is 0 Å². The summed E-state index contributed by atoms with van der Waals surface area (Å²) in [5.74, 6) is 0. The van der Waals surface area contributed by atoms with E-state index in [0.29, 0.717) is 0 Å². The van der Waals surface area contributed by atoms with Crippen LogP contribution in [0.3, 0.4) is 0 Å². The van der Waals surface area contributed by atoms with E-state index in [1.807, 2.05) is 0 Å². The van der Waals surface area contributed by atoms with Gasteiger partial charge in [-0.3, -0.25) is 0 Å². The summed E-state index contributed by atoms with van der Waals surface area (Å²) in [6.45, 7) is 0. The molecule has 1 aliphatic carbocycles. The fourth-order valence-corrected chi connectivity index (χ4v) is 8.83. The summed E-state index contributed by atoms with van der Waals surface area (Å²) in [7, 11) is 0. The summed E-state index contributed by atoms with van der Waals surface area (Å²) in [6, 6.07) is 67.6. The second-order valence-electron chi connectivity index (χ2n) is 13.6. The first-order valence-electron chi connectivity index (χ1n) is 17.4. The van der Waals surface area contributed by atoms with Crippen LogP contribution >= 0.6 is 0 Å². The van der Waals surface area contributed by atoms with Gasteiger partial charge in [-0.25, -0.2) is 0 Å². The number of benzene rings is 10. The van der Waals surface area contributed by atoms with E-state index in [1.165, 1.54) is 109 Å². The number of hydrogen-bond acceptors (Lipinski definition) is 0. The van der Waals surface area contributed by atoms with Crippen molar-refractivity contribution < 1.29 is 0 Å². The molecular weight excluding hydrogens is 601 g/mol. The Morgan fingerprint density at radius 3 is 1.46 bits per heavy atom. The van der Waals surface area contributed by atoms with E-state index in [4.69, 9.17) is 0 Å². The molecule has 0 nitrogen and oxygen atoms in total. The first-order valence-corrected chi connectivity index (χ1v) is 17.4. The number of hydrogen-bond donors (Lipinski definition) is 0. The molecule has 0 heterocycles. The molecule has 0 bridgehead atoms. The van der Waals surface area contributed by atoms with Gasteiger partial charge in [-0.05, 0) is 122 Å². The fourth-order valence-electron chi connectivity index (χ4n) is 8.83. The highest BCUT2D eigenvalue weighted by Crippen LogP contribution is 2.50. The van der Waals surface area contributed by atoms with Crippen LogP contribution in [0.4, 0.5) is 0 Å². The third-order valence-electron chi connectivity index (χ3n) is 11.0. The van der Waals surface area contributed by atoms with Gasteiger partial charge in [0.2, 0.25) is 0 Å².